The summed E-state index contributed by atoms with van der Waals surface area (Å²) < 4.78 is 0. The van der Waals surface area contributed by atoms with E-state index in [1.54, 1.807) is 0 Å². The number of halogens is 2. The molecule has 0 aliphatic rings. The van der Waals surface area contributed by atoms with Crippen molar-refractivity contribution in [1.82, 2.24) is 9.97 Å². The molecule has 0 fully saturated rings. The van der Waals surface area contributed by atoms with Crippen molar-refractivity contribution in [3.05, 3.63) is 28.5 Å². The fourth-order valence-electron chi connectivity index (χ4n) is 1.50. The summed E-state index contributed by atoms with van der Waals surface area (Å²) in [6.45, 7) is 0. The molecule has 2 aromatic rings. The number of phenols is 3. The van der Waals surface area contributed by atoms with Crippen molar-refractivity contribution < 1.29 is 30.0 Å². The molecule has 1 amide bonds. The van der Waals surface area contributed by atoms with E-state index in [0.717, 1.165) is 12.1 Å². The van der Waals surface area contributed by atoms with Crippen LogP contribution in [0.25, 0.3) is 0 Å². The van der Waals surface area contributed by atoms with Gasteiger partial charge in [0.05, 0.1) is 5.56 Å². The van der Waals surface area contributed by atoms with Gasteiger partial charge in [-0.1, -0.05) is 11.6 Å². The number of amides is 1. The number of benzene rings is 1. The van der Waals surface area contributed by atoms with Crippen LogP contribution in [0.15, 0.2) is 17.1 Å². The predicted molar refractivity (Wildman–Crippen MR) is 102 cm³/mol. The monoisotopic (exact) mass is 435 g/mol. The Morgan fingerprint density at radius 2 is 1.50 bits per heavy atom. The summed E-state index contributed by atoms with van der Waals surface area (Å²) in [6.07, 6.45) is 0. The SMILES string of the molecule is Cl.NC(N)=NC(=O)c1nc(Cl)c(N)nc1N.O=C(O)c1cc(O)c(O)c(O)c1. The van der Waals surface area contributed by atoms with Crippen LogP contribution in [-0.4, -0.2) is 48.2 Å². The summed E-state index contributed by atoms with van der Waals surface area (Å²) in [6, 6.07) is 1.69. The molecule has 0 aliphatic heterocycles. The van der Waals surface area contributed by atoms with Crippen LogP contribution in [-0.2, 0) is 0 Å². The van der Waals surface area contributed by atoms with Gasteiger partial charge in [0, 0.05) is 0 Å². The molecule has 13 nitrogen and oxygen atoms in total. The number of carboxylic acids is 1. The van der Waals surface area contributed by atoms with Gasteiger partial charge < -0.3 is 43.4 Å². The Hall–Kier alpha value is -3.71. The number of carboxylic acid groups (broad SMARTS) is 1. The highest BCUT2D eigenvalue weighted by molar-refractivity contribution is 6.31. The first-order chi connectivity index (χ1) is 12.4. The minimum atomic E-state index is -1.29. The van der Waals surface area contributed by atoms with E-state index in [4.69, 9.17) is 55.0 Å². The summed E-state index contributed by atoms with van der Waals surface area (Å²) in [7, 11) is 0. The predicted octanol–water partition coefficient (Wildman–Crippen LogP) is -0.369. The third-order valence-electron chi connectivity index (χ3n) is 2.65. The highest BCUT2D eigenvalue weighted by Crippen LogP contribution is 2.35. The zero-order valence-electron chi connectivity index (χ0n) is 13.7. The zero-order valence-corrected chi connectivity index (χ0v) is 15.3. The van der Waals surface area contributed by atoms with Gasteiger partial charge in [0.15, 0.2) is 45.7 Å². The summed E-state index contributed by atoms with van der Waals surface area (Å²) >= 11 is 5.55. The number of guanidine groups is 1. The number of carbonyl (C=O) groups is 2. The van der Waals surface area contributed by atoms with E-state index in [1.807, 2.05) is 0 Å². The number of anilines is 2. The standard InChI is InChI=1S/C7H6O5.C6H8ClN7O.ClH/c8-4-1-3(7(11)12)2-5(9)6(4)10;7-2-4(9)13-3(8)1(12-2)5(15)14-6(10)11;/h1-2,8-10H,(H,11,12);(H4,8,9,13)(H4,10,11,14,15);1H. The van der Waals surface area contributed by atoms with Gasteiger partial charge in [0.1, 0.15) is 0 Å². The molecular weight excluding hydrogens is 421 g/mol. The molecule has 0 bridgehead atoms. The fraction of sp³-hybridized carbons (Fsp3) is 0. The van der Waals surface area contributed by atoms with Gasteiger partial charge in [-0.25, -0.2) is 14.8 Å². The lowest BCUT2D eigenvalue weighted by Crippen LogP contribution is -2.24. The molecule has 28 heavy (non-hydrogen) atoms. The van der Waals surface area contributed by atoms with Crippen LogP contribution in [0.1, 0.15) is 20.8 Å². The molecule has 1 aromatic carbocycles. The molecular formula is C13H15Cl2N7O6. The molecule has 1 heterocycles. The van der Waals surface area contributed by atoms with Crippen molar-refractivity contribution in [2.45, 2.75) is 0 Å². The second-order valence-electron chi connectivity index (χ2n) is 4.64. The molecule has 0 spiro atoms. The zero-order chi connectivity index (χ0) is 20.9. The number of aliphatic imine (C=N–C) groups is 1. The van der Waals surface area contributed by atoms with Gasteiger partial charge in [0.2, 0.25) is 0 Å². The topological polar surface area (TPSA) is 257 Å². The highest BCUT2D eigenvalue weighted by atomic mass is 35.5. The van der Waals surface area contributed by atoms with E-state index in [9.17, 15) is 9.59 Å². The lowest BCUT2D eigenvalue weighted by atomic mass is 10.2. The Kier molecular flexibility index (Phi) is 8.54. The number of hydrogen-bond donors (Lipinski definition) is 8. The van der Waals surface area contributed by atoms with E-state index in [-0.39, 0.29) is 40.5 Å². The van der Waals surface area contributed by atoms with Gasteiger partial charge in [-0.15, -0.1) is 12.4 Å². The highest BCUT2D eigenvalue weighted by Gasteiger charge is 2.15. The normalized spacial score (nSPS) is 9.32. The van der Waals surface area contributed by atoms with Gasteiger partial charge in [-0.05, 0) is 12.1 Å². The summed E-state index contributed by atoms with van der Waals surface area (Å²) in [5.41, 5.74) is 20.2. The molecule has 1 aromatic heterocycles. The van der Waals surface area contributed by atoms with Crippen molar-refractivity contribution in [1.29, 1.82) is 0 Å². The molecule has 0 atom stereocenters. The molecule has 12 N–H and O–H groups in total. The van der Waals surface area contributed by atoms with Crippen LogP contribution in [0.5, 0.6) is 17.2 Å². The van der Waals surface area contributed by atoms with E-state index >= 15 is 0 Å². The Bertz CT molecular complexity index is 911. The number of aromatic nitrogens is 2. The van der Waals surface area contributed by atoms with Crippen LogP contribution >= 0.6 is 24.0 Å². The molecule has 0 saturated carbocycles. The van der Waals surface area contributed by atoms with Gasteiger partial charge in [-0.2, -0.15) is 4.99 Å². The summed E-state index contributed by atoms with van der Waals surface area (Å²) in [5, 5.41) is 34.8. The number of rotatable bonds is 2. The molecule has 0 saturated heterocycles. The van der Waals surface area contributed by atoms with Gasteiger partial charge in [0.25, 0.3) is 0 Å². The minimum Gasteiger partial charge on any atom is -0.504 e. The maximum Gasteiger partial charge on any atom is 0.335 e. The van der Waals surface area contributed by atoms with Crippen LogP contribution < -0.4 is 22.9 Å². The first kappa shape index (κ1) is 24.3. The Morgan fingerprint density at radius 1 is 1.00 bits per heavy atom. The molecule has 2 rings (SSSR count). The van der Waals surface area contributed by atoms with E-state index in [1.165, 1.54) is 0 Å². The van der Waals surface area contributed by atoms with Gasteiger partial charge >= 0.3 is 11.9 Å². The Labute approximate surface area is 167 Å². The number of nitrogen functional groups attached to an aromatic ring is 2. The van der Waals surface area contributed by atoms with Crippen LogP contribution in [0.2, 0.25) is 5.15 Å². The maximum atomic E-state index is 11.3. The van der Waals surface area contributed by atoms with E-state index < -0.39 is 35.1 Å². The summed E-state index contributed by atoms with van der Waals surface area (Å²) in [4.78, 5) is 32.1. The van der Waals surface area contributed by atoms with Crippen molar-refractivity contribution in [2.75, 3.05) is 11.5 Å². The smallest absolute Gasteiger partial charge is 0.335 e. The third-order valence-corrected chi connectivity index (χ3v) is 2.93. The molecule has 15 heteroatoms. The van der Waals surface area contributed by atoms with E-state index in [2.05, 4.69) is 15.0 Å². The van der Waals surface area contributed by atoms with Crippen LogP contribution in [0.3, 0.4) is 0 Å². The summed E-state index contributed by atoms with van der Waals surface area (Å²) in [5.74, 6) is -4.83. The average molecular weight is 436 g/mol. The average Bonchev–Trinajstić information content (AvgIpc) is 2.55. The first-order valence-electron chi connectivity index (χ1n) is 6.64. The minimum absolute atomic E-state index is 0. The number of carbonyl (C=O) groups excluding carboxylic acids is 1. The molecule has 0 aliphatic carbocycles. The van der Waals surface area contributed by atoms with Gasteiger partial charge in [-0.3, -0.25) is 4.79 Å². The Balaban J connectivity index is 0.000000514. The van der Waals surface area contributed by atoms with E-state index in [0.29, 0.717) is 0 Å². The molecule has 0 radical (unpaired) electrons. The largest absolute Gasteiger partial charge is 0.504 e. The lowest BCUT2D eigenvalue weighted by Gasteiger charge is -2.02. The van der Waals surface area contributed by atoms with Crippen molar-refractivity contribution in [3.63, 3.8) is 0 Å². The quantitative estimate of drug-likeness (QED) is 0.170. The van der Waals surface area contributed by atoms with Crippen molar-refractivity contribution >= 4 is 53.5 Å². The number of nitrogens with zero attached hydrogens (tertiary/aromatic N) is 3. The number of aromatic carboxylic acids is 1. The van der Waals surface area contributed by atoms with Crippen LogP contribution in [0.4, 0.5) is 11.6 Å². The second kappa shape index (κ2) is 9.84. The maximum absolute atomic E-state index is 11.3. The number of nitrogens with two attached hydrogens (primary N) is 4. The fourth-order valence-corrected chi connectivity index (χ4v) is 1.62. The second-order valence-corrected chi connectivity index (χ2v) is 5.00. The van der Waals surface area contributed by atoms with Crippen molar-refractivity contribution in [3.8, 4) is 17.2 Å². The number of hydrogen-bond acceptors (Lipinski definition) is 9. The number of phenolic OH excluding ortho intramolecular Hbond substituents is 3. The van der Waals surface area contributed by atoms with Crippen molar-refractivity contribution in [2.24, 2.45) is 16.5 Å². The third kappa shape index (κ3) is 6.22. The first-order valence-corrected chi connectivity index (χ1v) is 7.02. The molecule has 0 unspecified atom stereocenters. The lowest BCUT2D eigenvalue weighted by molar-refractivity contribution is 0.0695. The Morgan fingerprint density at radius 3 is 1.93 bits per heavy atom. The molecule has 152 valence electrons. The van der Waals surface area contributed by atoms with Crippen LogP contribution in [0, 0.1) is 0 Å². The number of aromatic hydroxyl groups is 3.